The lowest BCUT2D eigenvalue weighted by molar-refractivity contribution is 0.0697. The van der Waals surface area contributed by atoms with E-state index >= 15 is 0 Å². The fraction of sp³-hybridized carbons (Fsp3) is 0.286. The average Bonchev–Trinajstić information content (AvgIpc) is 2.37. The highest BCUT2D eigenvalue weighted by atomic mass is 16.4. The van der Waals surface area contributed by atoms with Crippen LogP contribution in [0.3, 0.4) is 0 Å². The molecule has 1 aromatic carbocycles. The van der Waals surface area contributed by atoms with Gasteiger partial charge >= 0.3 is 12.0 Å². The maximum absolute atomic E-state index is 11.5. The van der Waals surface area contributed by atoms with E-state index in [1.807, 2.05) is 6.92 Å². The number of terminal acetylenes is 1. The van der Waals surface area contributed by atoms with Crippen molar-refractivity contribution < 1.29 is 14.7 Å². The molecule has 0 saturated carbocycles. The summed E-state index contributed by atoms with van der Waals surface area (Å²) in [5.74, 6) is 1.49. The van der Waals surface area contributed by atoms with E-state index in [4.69, 9.17) is 11.5 Å². The van der Waals surface area contributed by atoms with Gasteiger partial charge in [-0.1, -0.05) is 12.1 Å². The summed E-state index contributed by atoms with van der Waals surface area (Å²) < 4.78 is 0. The Labute approximate surface area is 112 Å². The standard InChI is InChI=1S/C14H16N2O3/c1-3-4-10(2)16-14(19)15-9-11-5-7-12(8-6-11)13(17)18/h1,5-8,10H,4,9H2,2H3,(H,17,18)(H2,15,16,19). The molecule has 100 valence electrons. The Balaban J connectivity index is 2.42. The number of benzene rings is 1. The molecule has 1 atom stereocenters. The lowest BCUT2D eigenvalue weighted by Crippen LogP contribution is -2.40. The Bertz CT molecular complexity index is 488. The first-order valence-corrected chi connectivity index (χ1v) is 5.83. The molecule has 5 heteroatoms. The maximum Gasteiger partial charge on any atom is 0.335 e. The van der Waals surface area contributed by atoms with Crippen LogP contribution in [0.15, 0.2) is 24.3 Å². The summed E-state index contributed by atoms with van der Waals surface area (Å²) in [5.41, 5.74) is 1.04. The third-order valence-corrected chi connectivity index (χ3v) is 2.46. The molecule has 19 heavy (non-hydrogen) atoms. The van der Waals surface area contributed by atoms with Crippen molar-refractivity contribution in [3.63, 3.8) is 0 Å². The fourth-order valence-electron chi connectivity index (χ4n) is 1.45. The second-order valence-electron chi connectivity index (χ2n) is 4.14. The second-order valence-corrected chi connectivity index (χ2v) is 4.14. The third kappa shape index (κ3) is 5.13. The van der Waals surface area contributed by atoms with E-state index in [-0.39, 0.29) is 17.6 Å². The van der Waals surface area contributed by atoms with Crippen molar-refractivity contribution in [3.05, 3.63) is 35.4 Å². The second kappa shape index (κ2) is 7.07. The van der Waals surface area contributed by atoms with Gasteiger partial charge in [-0.25, -0.2) is 9.59 Å². The molecule has 5 nitrogen and oxygen atoms in total. The Kier molecular flexibility index (Phi) is 5.42. The molecular weight excluding hydrogens is 244 g/mol. The van der Waals surface area contributed by atoms with Gasteiger partial charge < -0.3 is 15.7 Å². The van der Waals surface area contributed by atoms with E-state index in [2.05, 4.69) is 16.6 Å². The molecule has 0 saturated heterocycles. The summed E-state index contributed by atoms with van der Waals surface area (Å²) in [5, 5.41) is 14.1. The third-order valence-electron chi connectivity index (χ3n) is 2.46. The van der Waals surface area contributed by atoms with Gasteiger partial charge in [0.1, 0.15) is 0 Å². The highest BCUT2D eigenvalue weighted by molar-refractivity contribution is 5.87. The number of carbonyl (C=O) groups excluding carboxylic acids is 1. The minimum Gasteiger partial charge on any atom is -0.478 e. The van der Waals surface area contributed by atoms with E-state index in [9.17, 15) is 9.59 Å². The molecule has 0 heterocycles. The van der Waals surface area contributed by atoms with Crippen LogP contribution < -0.4 is 10.6 Å². The van der Waals surface area contributed by atoms with Crippen LogP contribution >= 0.6 is 0 Å². The largest absolute Gasteiger partial charge is 0.478 e. The van der Waals surface area contributed by atoms with Crippen LogP contribution in [0.2, 0.25) is 0 Å². The van der Waals surface area contributed by atoms with Gasteiger partial charge in [0.15, 0.2) is 0 Å². The van der Waals surface area contributed by atoms with Crippen LogP contribution in [-0.2, 0) is 6.54 Å². The van der Waals surface area contributed by atoms with Gasteiger partial charge in [-0.2, -0.15) is 0 Å². The molecule has 0 radical (unpaired) electrons. The van der Waals surface area contributed by atoms with Crippen LogP contribution in [0, 0.1) is 12.3 Å². The predicted molar refractivity (Wildman–Crippen MR) is 71.7 cm³/mol. The predicted octanol–water partition coefficient (Wildman–Crippen LogP) is 1.60. The van der Waals surface area contributed by atoms with Crippen LogP contribution in [0.25, 0.3) is 0 Å². The number of urea groups is 1. The first-order valence-electron chi connectivity index (χ1n) is 5.83. The highest BCUT2D eigenvalue weighted by Gasteiger charge is 2.06. The summed E-state index contributed by atoms with van der Waals surface area (Å²) in [6.45, 7) is 2.15. The molecule has 0 fully saturated rings. The first kappa shape index (κ1) is 14.6. The van der Waals surface area contributed by atoms with Gasteiger partial charge in [0.25, 0.3) is 0 Å². The van der Waals surface area contributed by atoms with Gasteiger partial charge in [0, 0.05) is 19.0 Å². The van der Waals surface area contributed by atoms with Gasteiger partial charge in [0.05, 0.1) is 5.56 Å². The Morgan fingerprint density at radius 1 is 1.37 bits per heavy atom. The summed E-state index contributed by atoms with van der Waals surface area (Å²) in [4.78, 5) is 22.2. The van der Waals surface area contributed by atoms with Gasteiger partial charge in [-0.05, 0) is 24.6 Å². The molecular formula is C14H16N2O3. The minimum atomic E-state index is -0.972. The molecule has 0 aliphatic rings. The molecule has 1 rings (SSSR count). The number of nitrogens with one attached hydrogen (secondary N) is 2. The number of carboxylic acid groups (broad SMARTS) is 1. The monoisotopic (exact) mass is 260 g/mol. The zero-order valence-electron chi connectivity index (χ0n) is 10.6. The molecule has 1 unspecified atom stereocenters. The molecule has 3 N–H and O–H groups in total. The lowest BCUT2D eigenvalue weighted by atomic mass is 10.1. The fourth-order valence-corrected chi connectivity index (χ4v) is 1.45. The molecule has 0 aliphatic heterocycles. The number of hydrogen-bond donors (Lipinski definition) is 3. The van der Waals surface area contributed by atoms with Crippen molar-refractivity contribution in [3.8, 4) is 12.3 Å². The Morgan fingerprint density at radius 3 is 2.53 bits per heavy atom. The SMILES string of the molecule is C#CCC(C)NC(=O)NCc1ccc(C(=O)O)cc1. The molecule has 2 amide bonds. The number of rotatable bonds is 5. The lowest BCUT2D eigenvalue weighted by Gasteiger charge is -2.12. The quantitative estimate of drug-likeness (QED) is 0.703. The summed E-state index contributed by atoms with van der Waals surface area (Å²) in [6, 6.07) is 5.93. The molecule has 0 aromatic heterocycles. The van der Waals surface area contributed by atoms with Crippen molar-refractivity contribution >= 4 is 12.0 Å². The molecule has 1 aromatic rings. The normalized spacial score (nSPS) is 11.2. The van der Waals surface area contributed by atoms with E-state index < -0.39 is 5.97 Å². The first-order chi connectivity index (χ1) is 9.02. The number of carboxylic acids is 1. The van der Waals surface area contributed by atoms with Crippen LogP contribution in [0.5, 0.6) is 0 Å². The van der Waals surface area contributed by atoms with Gasteiger partial charge in [-0.3, -0.25) is 0 Å². The topological polar surface area (TPSA) is 78.4 Å². The van der Waals surface area contributed by atoms with E-state index in [1.54, 1.807) is 12.1 Å². The Hall–Kier alpha value is -2.48. The van der Waals surface area contributed by atoms with E-state index in [1.165, 1.54) is 12.1 Å². The highest BCUT2D eigenvalue weighted by Crippen LogP contribution is 2.04. The molecule has 0 bridgehead atoms. The zero-order chi connectivity index (χ0) is 14.3. The van der Waals surface area contributed by atoms with Gasteiger partial charge in [0.2, 0.25) is 0 Å². The van der Waals surface area contributed by atoms with Gasteiger partial charge in [-0.15, -0.1) is 12.3 Å². The van der Waals surface area contributed by atoms with E-state index in [0.29, 0.717) is 13.0 Å². The average molecular weight is 260 g/mol. The summed E-state index contributed by atoms with van der Waals surface area (Å²) in [7, 11) is 0. The van der Waals surface area contributed by atoms with Crippen LogP contribution in [0.1, 0.15) is 29.3 Å². The number of carbonyl (C=O) groups is 2. The zero-order valence-corrected chi connectivity index (χ0v) is 10.6. The van der Waals surface area contributed by atoms with Crippen LogP contribution in [-0.4, -0.2) is 23.1 Å². The molecule has 0 aliphatic carbocycles. The van der Waals surface area contributed by atoms with Crippen molar-refractivity contribution in [1.82, 2.24) is 10.6 Å². The van der Waals surface area contributed by atoms with Crippen molar-refractivity contribution in [1.29, 1.82) is 0 Å². The number of hydrogen-bond acceptors (Lipinski definition) is 2. The van der Waals surface area contributed by atoms with Crippen molar-refractivity contribution in [2.45, 2.75) is 25.9 Å². The Morgan fingerprint density at radius 2 is 2.00 bits per heavy atom. The molecule has 0 spiro atoms. The number of amides is 2. The van der Waals surface area contributed by atoms with Crippen molar-refractivity contribution in [2.75, 3.05) is 0 Å². The van der Waals surface area contributed by atoms with Crippen molar-refractivity contribution in [2.24, 2.45) is 0 Å². The number of aromatic carboxylic acids is 1. The maximum atomic E-state index is 11.5. The van der Waals surface area contributed by atoms with E-state index in [0.717, 1.165) is 5.56 Å². The summed E-state index contributed by atoms with van der Waals surface area (Å²) >= 11 is 0. The smallest absolute Gasteiger partial charge is 0.335 e. The minimum absolute atomic E-state index is 0.0839. The summed E-state index contributed by atoms with van der Waals surface area (Å²) in [6.07, 6.45) is 5.61. The van der Waals surface area contributed by atoms with Crippen LogP contribution in [0.4, 0.5) is 4.79 Å².